The number of amides is 1. The third-order valence-corrected chi connectivity index (χ3v) is 7.08. The lowest BCUT2D eigenvalue weighted by atomic mass is 10.0. The molecule has 172 valence electrons. The summed E-state index contributed by atoms with van der Waals surface area (Å²) >= 11 is 7.81. The van der Waals surface area contributed by atoms with Crippen molar-refractivity contribution in [2.45, 2.75) is 23.0 Å². The molecule has 5 rings (SSSR count). The molecule has 0 bridgehead atoms. The lowest BCUT2D eigenvalue weighted by Crippen LogP contribution is -2.43. The lowest BCUT2D eigenvalue weighted by molar-refractivity contribution is -0.121. The van der Waals surface area contributed by atoms with Gasteiger partial charge in [0.25, 0.3) is 0 Å². The Bertz CT molecular complexity index is 1300. The monoisotopic (exact) mass is 491 g/mol. The fourth-order valence-corrected chi connectivity index (χ4v) is 5.21. The first-order chi connectivity index (χ1) is 16.6. The lowest BCUT2D eigenvalue weighted by Gasteiger charge is -2.33. The number of carbonyl (C=O) groups excluding carboxylic acids is 1. The van der Waals surface area contributed by atoms with Crippen molar-refractivity contribution in [3.05, 3.63) is 95.0 Å². The molecule has 0 saturated heterocycles. The number of methoxy groups -OCH3 is 1. The van der Waals surface area contributed by atoms with Gasteiger partial charge in [-0.3, -0.25) is 4.79 Å². The Morgan fingerprint density at radius 3 is 2.53 bits per heavy atom. The second-order valence-corrected chi connectivity index (χ2v) is 9.27. The summed E-state index contributed by atoms with van der Waals surface area (Å²) in [5.74, 6) is 1.15. The van der Waals surface area contributed by atoms with E-state index in [1.165, 1.54) is 11.8 Å². The predicted octanol–water partition coefficient (Wildman–Crippen LogP) is 4.68. The molecule has 3 aromatic carbocycles. The van der Waals surface area contributed by atoms with Crippen LogP contribution in [0.2, 0.25) is 5.02 Å². The minimum absolute atomic E-state index is 0.103. The number of rotatable bonds is 6. The zero-order valence-corrected chi connectivity index (χ0v) is 19.9. The summed E-state index contributed by atoms with van der Waals surface area (Å²) in [6.45, 7) is 0.439. The Hall–Kier alpha value is -3.49. The van der Waals surface area contributed by atoms with Crippen LogP contribution in [0.25, 0.3) is 11.4 Å². The number of nitrogens with one attached hydrogen (secondary N) is 2. The maximum absolute atomic E-state index is 13.4. The largest absolute Gasteiger partial charge is 0.495 e. The highest BCUT2D eigenvalue weighted by Crippen LogP contribution is 2.40. The fraction of sp³-hybridized carbons (Fsp3) is 0.160. The second kappa shape index (κ2) is 9.79. The summed E-state index contributed by atoms with van der Waals surface area (Å²) in [6, 6.07) is 24.8. The van der Waals surface area contributed by atoms with Crippen LogP contribution < -0.4 is 15.5 Å². The Morgan fingerprint density at radius 1 is 1.09 bits per heavy atom. The Balaban J connectivity index is 1.48. The number of carbonyl (C=O) groups is 1. The van der Waals surface area contributed by atoms with E-state index in [2.05, 4.69) is 20.9 Å². The molecule has 1 aliphatic heterocycles. The van der Waals surface area contributed by atoms with Gasteiger partial charge in [0.1, 0.15) is 11.0 Å². The average molecular weight is 492 g/mol. The molecule has 1 aliphatic rings. The van der Waals surface area contributed by atoms with Crippen molar-refractivity contribution in [2.24, 2.45) is 0 Å². The summed E-state index contributed by atoms with van der Waals surface area (Å²) < 4.78 is 7.14. The van der Waals surface area contributed by atoms with Gasteiger partial charge in [-0.1, -0.05) is 90.1 Å². The van der Waals surface area contributed by atoms with Crippen LogP contribution in [0.3, 0.4) is 0 Å². The van der Waals surface area contributed by atoms with Crippen LogP contribution in [0.15, 0.2) is 84.0 Å². The third-order valence-electron chi connectivity index (χ3n) is 5.57. The number of halogens is 1. The van der Waals surface area contributed by atoms with Gasteiger partial charge in [-0.15, -0.1) is 10.2 Å². The van der Waals surface area contributed by atoms with E-state index in [4.69, 9.17) is 16.3 Å². The van der Waals surface area contributed by atoms with Crippen molar-refractivity contribution < 1.29 is 9.53 Å². The van der Waals surface area contributed by atoms with Gasteiger partial charge in [0, 0.05) is 12.1 Å². The van der Waals surface area contributed by atoms with E-state index in [0.29, 0.717) is 28.3 Å². The summed E-state index contributed by atoms with van der Waals surface area (Å²) in [5.41, 5.74) is 6.28. The molecule has 0 radical (unpaired) electrons. The maximum atomic E-state index is 13.4. The van der Waals surface area contributed by atoms with E-state index in [0.717, 1.165) is 16.7 Å². The van der Waals surface area contributed by atoms with Crippen LogP contribution in [0.5, 0.6) is 5.75 Å². The maximum Gasteiger partial charge on any atom is 0.236 e. The van der Waals surface area contributed by atoms with Gasteiger partial charge in [0.05, 0.1) is 18.2 Å². The Kier molecular flexibility index (Phi) is 6.42. The highest BCUT2D eigenvalue weighted by Gasteiger charge is 2.38. The van der Waals surface area contributed by atoms with Crippen molar-refractivity contribution >= 4 is 29.3 Å². The van der Waals surface area contributed by atoms with E-state index in [1.54, 1.807) is 7.11 Å². The summed E-state index contributed by atoms with van der Waals surface area (Å²) in [4.78, 5) is 13.4. The first-order valence-corrected chi connectivity index (χ1v) is 12.0. The van der Waals surface area contributed by atoms with Crippen LogP contribution in [0, 0.1) is 0 Å². The molecule has 9 heteroatoms. The minimum Gasteiger partial charge on any atom is -0.495 e. The van der Waals surface area contributed by atoms with E-state index >= 15 is 0 Å². The standard InChI is InChI=1S/C25H22ClN5O2S/c1-33-20-13-12-18(14-19(20)26)21-22(24(32)27-15-16-8-4-2-5-9-16)34-25-29-28-23(31(25)30-21)17-10-6-3-7-11-17/h2-14,21-22,30H,15H2,1H3,(H,27,32). The SMILES string of the molecule is COc1ccc(C2Nn3c(nnc3-c3ccccc3)SC2C(=O)NCc2ccccc2)cc1Cl. The smallest absolute Gasteiger partial charge is 0.236 e. The highest BCUT2D eigenvalue weighted by molar-refractivity contribution is 8.00. The van der Waals surface area contributed by atoms with E-state index in [1.807, 2.05) is 83.5 Å². The Labute approximate surface area is 206 Å². The second-order valence-electron chi connectivity index (χ2n) is 7.75. The van der Waals surface area contributed by atoms with Crippen LogP contribution in [0.1, 0.15) is 17.2 Å². The van der Waals surface area contributed by atoms with Crippen molar-refractivity contribution in [2.75, 3.05) is 12.5 Å². The first-order valence-electron chi connectivity index (χ1n) is 10.7. The average Bonchev–Trinajstić information content (AvgIpc) is 3.30. The molecule has 34 heavy (non-hydrogen) atoms. The van der Waals surface area contributed by atoms with Crippen molar-refractivity contribution in [3.8, 4) is 17.1 Å². The summed E-state index contributed by atoms with van der Waals surface area (Å²) in [7, 11) is 1.57. The van der Waals surface area contributed by atoms with Gasteiger partial charge < -0.3 is 15.5 Å². The van der Waals surface area contributed by atoms with Crippen molar-refractivity contribution in [3.63, 3.8) is 0 Å². The minimum atomic E-state index is -0.492. The van der Waals surface area contributed by atoms with E-state index < -0.39 is 5.25 Å². The predicted molar refractivity (Wildman–Crippen MR) is 133 cm³/mol. The number of aromatic nitrogens is 3. The molecule has 1 aromatic heterocycles. The molecule has 0 spiro atoms. The highest BCUT2D eigenvalue weighted by atomic mass is 35.5. The third kappa shape index (κ3) is 4.47. The molecule has 2 heterocycles. The fourth-order valence-electron chi connectivity index (χ4n) is 3.84. The molecule has 0 saturated carbocycles. The molecule has 0 fully saturated rings. The molecule has 7 nitrogen and oxygen atoms in total. The molecule has 0 aliphatic carbocycles. The zero-order chi connectivity index (χ0) is 23.5. The number of benzene rings is 3. The van der Waals surface area contributed by atoms with Crippen molar-refractivity contribution in [1.29, 1.82) is 0 Å². The zero-order valence-electron chi connectivity index (χ0n) is 18.3. The topological polar surface area (TPSA) is 81.1 Å². The van der Waals surface area contributed by atoms with E-state index in [-0.39, 0.29) is 11.9 Å². The number of thioether (sulfide) groups is 1. The van der Waals surface area contributed by atoms with Gasteiger partial charge in [-0.05, 0) is 23.3 Å². The molecular formula is C25H22ClN5O2S. The number of fused-ring (bicyclic) bond motifs is 1. The number of ether oxygens (including phenoxy) is 1. The number of hydrogen-bond acceptors (Lipinski definition) is 6. The van der Waals surface area contributed by atoms with Crippen LogP contribution >= 0.6 is 23.4 Å². The van der Waals surface area contributed by atoms with Crippen LogP contribution in [-0.2, 0) is 11.3 Å². The number of nitrogens with zero attached hydrogens (tertiary/aromatic N) is 3. The molecule has 2 unspecified atom stereocenters. The summed E-state index contributed by atoms with van der Waals surface area (Å²) in [5, 5.41) is 12.4. The normalized spacial score (nSPS) is 16.9. The van der Waals surface area contributed by atoms with Crippen molar-refractivity contribution in [1.82, 2.24) is 20.2 Å². The van der Waals surface area contributed by atoms with Gasteiger partial charge >= 0.3 is 0 Å². The van der Waals surface area contributed by atoms with Gasteiger partial charge in [0.2, 0.25) is 11.1 Å². The van der Waals surface area contributed by atoms with Crippen LogP contribution in [0.4, 0.5) is 0 Å². The molecule has 2 N–H and O–H groups in total. The first kappa shape index (κ1) is 22.3. The quantitative estimate of drug-likeness (QED) is 0.407. The molecule has 4 aromatic rings. The summed E-state index contributed by atoms with van der Waals surface area (Å²) in [6.07, 6.45) is 0. The number of hydrogen-bond donors (Lipinski definition) is 2. The van der Waals surface area contributed by atoms with Gasteiger partial charge in [-0.25, -0.2) is 4.68 Å². The molecule has 2 atom stereocenters. The molecule has 1 amide bonds. The molecular weight excluding hydrogens is 470 g/mol. The van der Waals surface area contributed by atoms with Gasteiger partial charge in [0.15, 0.2) is 5.82 Å². The van der Waals surface area contributed by atoms with Crippen LogP contribution in [-0.4, -0.2) is 33.1 Å². The van der Waals surface area contributed by atoms with Gasteiger partial charge in [-0.2, -0.15) is 0 Å². The van der Waals surface area contributed by atoms with E-state index in [9.17, 15) is 4.79 Å². The Morgan fingerprint density at radius 2 is 1.82 bits per heavy atom.